The Hall–Kier alpha value is -3.07. The summed E-state index contributed by atoms with van der Waals surface area (Å²) >= 11 is 0. The highest BCUT2D eigenvalue weighted by Gasteiger charge is 2.28. The van der Waals surface area contributed by atoms with Gasteiger partial charge in [0.05, 0.1) is 105 Å². The zero-order chi connectivity index (χ0) is 33.7. The van der Waals surface area contributed by atoms with Crippen molar-refractivity contribution < 1.29 is 52.2 Å². The van der Waals surface area contributed by atoms with E-state index in [4.69, 9.17) is 47.4 Å². The normalized spacial score (nSPS) is 12.1. The van der Waals surface area contributed by atoms with Gasteiger partial charge in [0.15, 0.2) is 0 Å². The molecule has 0 bridgehead atoms. The van der Waals surface area contributed by atoms with Gasteiger partial charge in [-0.05, 0) is 28.7 Å². The molecular formula is C36H53NO11. The highest BCUT2D eigenvalue weighted by atomic mass is 16.6. The molecule has 0 spiro atoms. The summed E-state index contributed by atoms with van der Waals surface area (Å²) in [5, 5.41) is 2.80. The molecule has 2 aromatic carbocycles. The van der Waals surface area contributed by atoms with E-state index in [-0.39, 0.29) is 5.92 Å². The van der Waals surface area contributed by atoms with Gasteiger partial charge in [-0.1, -0.05) is 55.1 Å². The van der Waals surface area contributed by atoms with Crippen molar-refractivity contribution in [3.63, 3.8) is 0 Å². The average molecular weight is 676 g/mol. The van der Waals surface area contributed by atoms with E-state index in [2.05, 4.69) is 36.2 Å². The van der Waals surface area contributed by atoms with E-state index in [0.29, 0.717) is 132 Å². The molecule has 0 saturated heterocycles. The van der Waals surface area contributed by atoms with Crippen molar-refractivity contribution in [3.05, 3.63) is 72.5 Å². The Balaban J connectivity index is 0.987. The number of hydrogen-bond acceptors (Lipinski definition) is 11. The molecule has 0 fully saturated rings. The maximum atomic E-state index is 12.2. The Labute approximate surface area is 284 Å². The van der Waals surface area contributed by atoms with E-state index in [1.165, 1.54) is 28.5 Å². The van der Waals surface area contributed by atoms with E-state index in [9.17, 15) is 4.79 Å². The number of hydrogen-bond donors (Lipinski definition) is 1. The second kappa shape index (κ2) is 26.8. The van der Waals surface area contributed by atoms with Crippen LogP contribution in [0.3, 0.4) is 0 Å². The van der Waals surface area contributed by atoms with Crippen LogP contribution in [0, 0.1) is 0 Å². The van der Waals surface area contributed by atoms with Gasteiger partial charge in [-0.25, -0.2) is 4.79 Å². The van der Waals surface area contributed by atoms with Crippen molar-refractivity contribution in [1.29, 1.82) is 0 Å². The first-order valence-corrected chi connectivity index (χ1v) is 16.7. The fourth-order valence-electron chi connectivity index (χ4n) is 4.85. The predicted octanol–water partition coefficient (Wildman–Crippen LogP) is 4.21. The van der Waals surface area contributed by atoms with Gasteiger partial charge in [-0.3, -0.25) is 0 Å². The maximum absolute atomic E-state index is 12.2. The van der Waals surface area contributed by atoms with Crippen LogP contribution in [0.4, 0.5) is 4.79 Å². The van der Waals surface area contributed by atoms with Gasteiger partial charge in [-0.15, -0.1) is 0 Å². The van der Waals surface area contributed by atoms with Crippen LogP contribution in [0.5, 0.6) is 0 Å². The molecule has 0 radical (unpaired) electrons. The summed E-state index contributed by atoms with van der Waals surface area (Å²) in [5.74, 6) is 0.0522. The van der Waals surface area contributed by atoms with Crippen LogP contribution < -0.4 is 5.32 Å². The number of nitrogens with one attached hydrogen (secondary N) is 1. The topological polar surface area (TPSA) is 121 Å². The number of rotatable bonds is 31. The first-order valence-electron chi connectivity index (χ1n) is 16.7. The van der Waals surface area contributed by atoms with Crippen molar-refractivity contribution in [2.75, 3.05) is 125 Å². The number of benzene rings is 2. The number of alkyl carbamates (subject to hydrolysis) is 1. The van der Waals surface area contributed by atoms with Gasteiger partial charge in [-0.2, -0.15) is 0 Å². The third-order valence-corrected chi connectivity index (χ3v) is 7.15. The zero-order valence-corrected chi connectivity index (χ0v) is 28.1. The molecule has 0 heterocycles. The number of amides is 1. The lowest BCUT2D eigenvalue weighted by Gasteiger charge is -2.14. The molecular weight excluding hydrogens is 622 g/mol. The van der Waals surface area contributed by atoms with Crippen LogP contribution in [0.2, 0.25) is 0 Å². The van der Waals surface area contributed by atoms with Crippen LogP contribution in [0.25, 0.3) is 11.1 Å². The van der Waals surface area contributed by atoms with E-state index in [1.54, 1.807) is 0 Å². The first kappa shape index (κ1) is 39.4. The predicted molar refractivity (Wildman–Crippen MR) is 180 cm³/mol. The van der Waals surface area contributed by atoms with Gasteiger partial charge >= 0.3 is 6.09 Å². The van der Waals surface area contributed by atoms with Crippen molar-refractivity contribution in [1.82, 2.24) is 5.32 Å². The smallest absolute Gasteiger partial charge is 0.407 e. The molecule has 0 aromatic heterocycles. The summed E-state index contributed by atoms with van der Waals surface area (Å²) in [4.78, 5) is 12.2. The summed E-state index contributed by atoms with van der Waals surface area (Å²) in [7, 11) is 0. The van der Waals surface area contributed by atoms with E-state index in [0.717, 1.165) is 0 Å². The first-order chi connectivity index (χ1) is 23.8. The molecule has 0 saturated carbocycles. The van der Waals surface area contributed by atoms with Crippen molar-refractivity contribution in [3.8, 4) is 11.1 Å². The van der Waals surface area contributed by atoms with Crippen LogP contribution in [-0.2, 0) is 47.4 Å². The van der Waals surface area contributed by atoms with Gasteiger partial charge in [0.25, 0.3) is 0 Å². The quantitative estimate of drug-likeness (QED) is 0.0914. The van der Waals surface area contributed by atoms with Crippen molar-refractivity contribution in [2.45, 2.75) is 12.3 Å². The fraction of sp³-hybridized carbons (Fsp3) is 0.583. The Kier molecular flexibility index (Phi) is 22.0. The lowest BCUT2D eigenvalue weighted by atomic mass is 9.98. The molecule has 12 nitrogen and oxygen atoms in total. The molecule has 1 aliphatic carbocycles. The summed E-state index contributed by atoms with van der Waals surface area (Å²) in [6.45, 7) is 12.8. The molecule has 1 amide bonds. The SMILES string of the molecule is C=COCCOCCOCCOCCOCCOCCOCCOCCOCCCNC(=O)OCC1c2ccccc2-c2ccccc21. The molecule has 1 N–H and O–H groups in total. The number of carbonyl (C=O) groups excluding carboxylic acids is 1. The summed E-state index contributed by atoms with van der Waals surface area (Å²) in [5.41, 5.74) is 4.81. The second-order valence-electron chi connectivity index (χ2n) is 10.5. The van der Waals surface area contributed by atoms with Crippen LogP contribution >= 0.6 is 0 Å². The molecule has 12 heteroatoms. The van der Waals surface area contributed by atoms with Crippen molar-refractivity contribution in [2.24, 2.45) is 0 Å². The molecule has 48 heavy (non-hydrogen) atoms. The maximum Gasteiger partial charge on any atom is 0.407 e. The van der Waals surface area contributed by atoms with Gasteiger partial charge < -0.3 is 52.7 Å². The summed E-state index contributed by atoms with van der Waals surface area (Å²) in [6.07, 6.45) is 1.67. The highest BCUT2D eigenvalue weighted by molar-refractivity contribution is 5.79. The lowest BCUT2D eigenvalue weighted by molar-refractivity contribution is -0.0239. The van der Waals surface area contributed by atoms with Crippen LogP contribution in [-0.4, -0.2) is 132 Å². The van der Waals surface area contributed by atoms with E-state index < -0.39 is 6.09 Å². The standard InChI is InChI=1S/C36H53NO11/c1-2-39-14-15-41-18-19-43-22-23-45-26-27-47-29-28-46-25-24-44-21-20-42-17-16-40-13-7-12-37-36(38)48-30-35-33-10-5-3-8-31(33)32-9-4-6-11-34(32)35/h2-6,8-11,35H,1,7,12-30H2,(H,37,38). The van der Waals surface area contributed by atoms with Gasteiger partial charge in [0.1, 0.15) is 13.2 Å². The third-order valence-electron chi connectivity index (χ3n) is 7.15. The minimum Gasteiger partial charge on any atom is -0.499 e. The van der Waals surface area contributed by atoms with E-state index >= 15 is 0 Å². The monoisotopic (exact) mass is 675 g/mol. The third kappa shape index (κ3) is 16.8. The molecule has 0 aliphatic heterocycles. The number of ether oxygens (including phenoxy) is 10. The minimum atomic E-state index is -0.414. The molecule has 0 atom stereocenters. The molecule has 268 valence electrons. The molecule has 1 aliphatic rings. The second-order valence-corrected chi connectivity index (χ2v) is 10.5. The number of fused-ring (bicyclic) bond motifs is 3. The van der Waals surface area contributed by atoms with Crippen LogP contribution in [0.15, 0.2) is 61.4 Å². The Morgan fingerprint density at radius 1 is 0.562 bits per heavy atom. The minimum absolute atomic E-state index is 0.0522. The lowest BCUT2D eigenvalue weighted by Crippen LogP contribution is -2.27. The van der Waals surface area contributed by atoms with Crippen LogP contribution in [0.1, 0.15) is 23.5 Å². The average Bonchev–Trinajstić information content (AvgIpc) is 3.43. The van der Waals surface area contributed by atoms with Gasteiger partial charge in [0.2, 0.25) is 0 Å². The molecule has 3 rings (SSSR count). The number of carbonyl (C=O) groups is 1. The van der Waals surface area contributed by atoms with Gasteiger partial charge in [0, 0.05) is 19.1 Å². The van der Waals surface area contributed by atoms with E-state index in [1.807, 2.05) is 24.3 Å². The molecule has 2 aromatic rings. The molecule has 0 unspecified atom stereocenters. The largest absolute Gasteiger partial charge is 0.499 e. The summed E-state index contributed by atoms with van der Waals surface area (Å²) < 4.78 is 54.2. The Bertz CT molecular complexity index is 1070. The van der Waals surface area contributed by atoms with Crippen molar-refractivity contribution >= 4 is 6.09 Å². The zero-order valence-electron chi connectivity index (χ0n) is 28.1. The fourth-order valence-corrected chi connectivity index (χ4v) is 4.85. The Morgan fingerprint density at radius 2 is 0.938 bits per heavy atom. The highest BCUT2D eigenvalue weighted by Crippen LogP contribution is 2.44. The summed E-state index contributed by atoms with van der Waals surface area (Å²) in [6, 6.07) is 16.6. The Morgan fingerprint density at radius 3 is 1.35 bits per heavy atom.